The SMILES string of the molecule is Cc1nc(N)sc1C(=O)N1C[C@@H]2CC[C@H](C1)N(Cc1ccccn1)C2=O. The van der Waals surface area contributed by atoms with Crippen LogP contribution in [0.1, 0.15) is 33.9 Å². The minimum atomic E-state index is -0.146. The number of pyridine rings is 1. The van der Waals surface area contributed by atoms with Crippen LogP contribution < -0.4 is 5.73 Å². The van der Waals surface area contributed by atoms with Crippen molar-refractivity contribution in [1.29, 1.82) is 0 Å². The van der Waals surface area contributed by atoms with Crippen LogP contribution in [-0.2, 0) is 11.3 Å². The van der Waals surface area contributed by atoms with Gasteiger partial charge in [-0.2, -0.15) is 0 Å². The first-order valence-electron chi connectivity index (χ1n) is 8.75. The monoisotopic (exact) mass is 371 g/mol. The summed E-state index contributed by atoms with van der Waals surface area (Å²) in [5.41, 5.74) is 7.27. The van der Waals surface area contributed by atoms with Gasteiger partial charge in [-0.15, -0.1) is 0 Å². The maximum atomic E-state index is 13.0. The van der Waals surface area contributed by atoms with E-state index in [1.807, 2.05) is 23.1 Å². The highest BCUT2D eigenvalue weighted by molar-refractivity contribution is 7.17. The van der Waals surface area contributed by atoms with Crippen molar-refractivity contribution < 1.29 is 9.59 Å². The third kappa shape index (κ3) is 3.05. The molecule has 0 radical (unpaired) electrons. The summed E-state index contributed by atoms with van der Waals surface area (Å²) in [6.45, 7) is 3.30. The molecule has 3 aliphatic rings. The van der Waals surface area contributed by atoms with Crippen molar-refractivity contribution in [3.63, 3.8) is 0 Å². The number of anilines is 1. The van der Waals surface area contributed by atoms with E-state index in [0.717, 1.165) is 18.5 Å². The number of amides is 2. The lowest BCUT2D eigenvalue weighted by Crippen LogP contribution is -2.47. The topological polar surface area (TPSA) is 92.4 Å². The molecular weight excluding hydrogens is 350 g/mol. The second kappa shape index (κ2) is 6.68. The van der Waals surface area contributed by atoms with Crippen LogP contribution >= 0.6 is 11.3 Å². The highest BCUT2D eigenvalue weighted by Gasteiger charge is 2.42. The van der Waals surface area contributed by atoms with E-state index in [1.165, 1.54) is 11.3 Å². The van der Waals surface area contributed by atoms with Gasteiger partial charge in [-0.25, -0.2) is 4.98 Å². The zero-order valence-electron chi connectivity index (χ0n) is 14.6. The minimum absolute atomic E-state index is 0.0257. The molecule has 8 heteroatoms. The number of rotatable bonds is 3. The third-order valence-electron chi connectivity index (χ3n) is 5.15. The maximum Gasteiger partial charge on any atom is 0.266 e. The number of hydrogen-bond acceptors (Lipinski definition) is 6. The highest BCUT2D eigenvalue weighted by Crippen LogP contribution is 2.32. The van der Waals surface area contributed by atoms with E-state index in [0.29, 0.717) is 35.3 Å². The zero-order chi connectivity index (χ0) is 18.3. The van der Waals surface area contributed by atoms with Gasteiger partial charge in [-0.05, 0) is 31.9 Å². The van der Waals surface area contributed by atoms with E-state index >= 15 is 0 Å². The molecule has 136 valence electrons. The lowest BCUT2D eigenvalue weighted by Gasteiger charge is -2.35. The molecule has 2 N–H and O–H groups in total. The fourth-order valence-electron chi connectivity index (χ4n) is 3.84. The molecule has 3 fully saturated rings. The molecule has 0 aromatic carbocycles. The average molecular weight is 371 g/mol. The van der Waals surface area contributed by atoms with Gasteiger partial charge in [0.05, 0.1) is 23.9 Å². The Morgan fingerprint density at radius 2 is 2.19 bits per heavy atom. The van der Waals surface area contributed by atoms with Gasteiger partial charge in [-0.1, -0.05) is 17.4 Å². The molecule has 2 amide bonds. The summed E-state index contributed by atoms with van der Waals surface area (Å²) in [5.74, 6) is -0.0872. The first-order valence-corrected chi connectivity index (χ1v) is 9.57. The Morgan fingerprint density at radius 1 is 1.35 bits per heavy atom. The quantitative estimate of drug-likeness (QED) is 0.886. The summed E-state index contributed by atoms with van der Waals surface area (Å²) >= 11 is 1.22. The largest absolute Gasteiger partial charge is 0.375 e. The fourth-order valence-corrected chi connectivity index (χ4v) is 4.64. The van der Waals surface area contributed by atoms with Crippen LogP contribution in [0.15, 0.2) is 24.4 Å². The van der Waals surface area contributed by atoms with Crippen LogP contribution in [0.5, 0.6) is 0 Å². The van der Waals surface area contributed by atoms with Crippen molar-refractivity contribution in [3.05, 3.63) is 40.7 Å². The van der Waals surface area contributed by atoms with E-state index in [2.05, 4.69) is 9.97 Å². The number of piperidine rings is 1. The lowest BCUT2D eigenvalue weighted by atomic mass is 9.94. The second-order valence-electron chi connectivity index (χ2n) is 6.89. The highest BCUT2D eigenvalue weighted by atomic mass is 32.1. The lowest BCUT2D eigenvalue weighted by molar-refractivity contribution is -0.140. The molecule has 0 aliphatic carbocycles. The number of nitrogens with zero attached hydrogens (tertiary/aromatic N) is 4. The fraction of sp³-hybridized carbons (Fsp3) is 0.444. The molecule has 5 heterocycles. The zero-order valence-corrected chi connectivity index (χ0v) is 15.4. The molecule has 0 spiro atoms. The van der Waals surface area contributed by atoms with Gasteiger partial charge in [0, 0.05) is 25.3 Å². The first kappa shape index (κ1) is 17.0. The molecule has 5 rings (SSSR count). The molecule has 3 aliphatic heterocycles. The molecule has 2 bridgehead atoms. The number of carbonyl (C=O) groups excluding carboxylic acids is 2. The van der Waals surface area contributed by atoms with Gasteiger partial charge >= 0.3 is 0 Å². The average Bonchev–Trinajstić information content (AvgIpc) is 2.80. The Bertz CT molecular complexity index is 837. The Balaban J connectivity index is 1.57. The van der Waals surface area contributed by atoms with Gasteiger partial charge in [0.2, 0.25) is 5.91 Å². The second-order valence-corrected chi connectivity index (χ2v) is 7.92. The Labute approximate surface area is 155 Å². The summed E-state index contributed by atoms with van der Waals surface area (Å²) < 4.78 is 0. The molecule has 7 nitrogen and oxygen atoms in total. The predicted octanol–water partition coefficient (Wildman–Crippen LogP) is 1.69. The van der Waals surface area contributed by atoms with Gasteiger partial charge in [0.25, 0.3) is 5.91 Å². The summed E-state index contributed by atoms with van der Waals surface area (Å²) in [4.78, 5) is 38.7. The van der Waals surface area contributed by atoms with Crippen molar-refractivity contribution in [2.45, 2.75) is 32.4 Å². The molecule has 26 heavy (non-hydrogen) atoms. The summed E-state index contributed by atoms with van der Waals surface area (Å²) in [5, 5.41) is 0.400. The van der Waals surface area contributed by atoms with Crippen molar-refractivity contribution >= 4 is 28.3 Å². The summed E-state index contributed by atoms with van der Waals surface area (Å²) in [6.07, 6.45) is 3.48. The Kier molecular flexibility index (Phi) is 4.36. The van der Waals surface area contributed by atoms with Crippen molar-refractivity contribution in [1.82, 2.24) is 19.8 Å². The molecule has 0 saturated carbocycles. The number of aromatic nitrogens is 2. The van der Waals surface area contributed by atoms with Crippen molar-refractivity contribution in [2.75, 3.05) is 18.8 Å². The third-order valence-corrected chi connectivity index (χ3v) is 6.12. The van der Waals surface area contributed by atoms with Crippen LogP contribution in [-0.4, -0.2) is 50.7 Å². The van der Waals surface area contributed by atoms with Crippen LogP contribution in [0.2, 0.25) is 0 Å². The summed E-state index contributed by atoms with van der Waals surface area (Å²) in [6, 6.07) is 5.75. The van der Waals surface area contributed by atoms with E-state index < -0.39 is 0 Å². The van der Waals surface area contributed by atoms with Gasteiger partial charge in [-0.3, -0.25) is 14.6 Å². The Morgan fingerprint density at radius 3 is 2.88 bits per heavy atom. The first-order chi connectivity index (χ1) is 12.5. The smallest absolute Gasteiger partial charge is 0.266 e. The maximum absolute atomic E-state index is 13.0. The predicted molar refractivity (Wildman–Crippen MR) is 98.5 cm³/mol. The molecule has 2 atom stereocenters. The minimum Gasteiger partial charge on any atom is -0.375 e. The number of aryl methyl sites for hydroxylation is 1. The van der Waals surface area contributed by atoms with Gasteiger partial charge < -0.3 is 15.5 Å². The van der Waals surface area contributed by atoms with Crippen molar-refractivity contribution in [2.24, 2.45) is 5.92 Å². The van der Waals surface area contributed by atoms with Gasteiger partial charge in [0.15, 0.2) is 5.13 Å². The Hall–Kier alpha value is -2.48. The van der Waals surface area contributed by atoms with E-state index in [1.54, 1.807) is 18.0 Å². The van der Waals surface area contributed by atoms with Crippen LogP contribution in [0, 0.1) is 12.8 Å². The van der Waals surface area contributed by atoms with Crippen molar-refractivity contribution in [3.8, 4) is 0 Å². The number of nitrogens with two attached hydrogens (primary N) is 1. The number of nitrogen functional groups attached to an aromatic ring is 1. The number of hydrogen-bond donors (Lipinski definition) is 1. The van der Waals surface area contributed by atoms with Crippen LogP contribution in [0.25, 0.3) is 0 Å². The van der Waals surface area contributed by atoms with E-state index in [-0.39, 0.29) is 23.8 Å². The molecule has 3 saturated heterocycles. The molecule has 0 unspecified atom stereocenters. The number of fused-ring (bicyclic) bond motifs is 4. The molecular formula is C18H21N5O2S. The van der Waals surface area contributed by atoms with Crippen LogP contribution in [0.4, 0.5) is 5.13 Å². The summed E-state index contributed by atoms with van der Waals surface area (Å²) in [7, 11) is 0. The van der Waals surface area contributed by atoms with E-state index in [9.17, 15) is 9.59 Å². The van der Waals surface area contributed by atoms with Gasteiger partial charge in [0.1, 0.15) is 4.88 Å². The standard InChI is InChI=1S/C18H21N5O2S/c1-11-15(26-18(19)21-11)17(25)22-8-12-5-6-14(10-22)23(16(12)24)9-13-4-2-3-7-20-13/h2-4,7,12,14H,5-6,8-10H2,1H3,(H2,19,21)/t12-,14+/m0/s1. The number of thiazole rings is 1. The number of carbonyl (C=O) groups is 2. The molecule has 2 aromatic heterocycles. The van der Waals surface area contributed by atoms with E-state index in [4.69, 9.17) is 5.73 Å². The molecule has 2 aromatic rings. The normalized spacial score (nSPS) is 22.6. The van der Waals surface area contributed by atoms with Crippen LogP contribution in [0.3, 0.4) is 0 Å².